The summed E-state index contributed by atoms with van der Waals surface area (Å²) in [5, 5.41) is 13.7. The number of rotatable bonds is 8. The first kappa shape index (κ1) is 33.2. The van der Waals surface area contributed by atoms with Crippen molar-refractivity contribution in [1.29, 1.82) is 0 Å². The van der Waals surface area contributed by atoms with Crippen molar-refractivity contribution in [2.24, 2.45) is 11.8 Å². The van der Waals surface area contributed by atoms with E-state index in [-0.39, 0.29) is 49.1 Å². The molecule has 1 N–H and O–H groups in total. The number of aliphatic hydroxyl groups excluding tert-OH is 1. The molecule has 1 radical (unpaired) electrons. The third-order valence-corrected chi connectivity index (χ3v) is 7.10. The minimum Gasteiger partial charge on any atom is -0.682 e. The molecule has 217 valence electrons. The van der Waals surface area contributed by atoms with E-state index in [9.17, 15) is 27.5 Å². The van der Waals surface area contributed by atoms with Crippen LogP contribution in [0.15, 0.2) is 42.4 Å². The number of carbonyl (C=O) groups excluding carboxylic acids is 1. The number of benzene rings is 2. The molecule has 40 heavy (non-hydrogen) atoms. The second kappa shape index (κ2) is 14.6. The van der Waals surface area contributed by atoms with Crippen LogP contribution >= 0.6 is 0 Å². The first-order valence-electron chi connectivity index (χ1n) is 13.0. The maximum absolute atomic E-state index is 14.3. The van der Waals surface area contributed by atoms with E-state index >= 15 is 0 Å². The van der Waals surface area contributed by atoms with Gasteiger partial charge in [-0.2, -0.15) is 0 Å². The number of nitrogens with zero attached hydrogens (tertiary/aromatic N) is 4. The number of aliphatic hydroxyl groups is 1. The zero-order valence-corrected chi connectivity index (χ0v) is 25.4. The quantitative estimate of drug-likeness (QED) is 0.0681. The van der Waals surface area contributed by atoms with Gasteiger partial charge in [0.25, 0.3) is 0 Å². The Kier molecular flexibility index (Phi) is 12.1. The zero-order valence-electron chi connectivity index (χ0n) is 23.0. The molecule has 2 heterocycles. The molecule has 4 rings (SSSR count). The van der Waals surface area contributed by atoms with Crippen LogP contribution in [0.4, 0.5) is 28.9 Å². The maximum atomic E-state index is 14.3. The Morgan fingerprint density at radius 2 is 1.52 bits per heavy atom. The molecule has 1 aliphatic heterocycles. The minimum atomic E-state index is -1.90. The molecule has 1 aliphatic rings. The molecule has 0 spiro atoms. The van der Waals surface area contributed by atoms with Crippen molar-refractivity contribution in [1.82, 2.24) is 9.97 Å². The Hall–Kier alpha value is -2.98. The van der Waals surface area contributed by atoms with Gasteiger partial charge in [0.05, 0.1) is 11.1 Å². The van der Waals surface area contributed by atoms with Gasteiger partial charge < -0.3 is 15.1 Å². The number of aromatic nitrogens is 2. The van der Waals surface area contributed by atoms with E-state index in [1.165, 1.54) is 6.08 Å². The van der Waals surface area contributed by atoms with Gasteiger partial charge in [-0.3, -0.25) is 9.78 Å². The van der Waals surface area contributed by atoms with Crippen LogP contribution in [-0.2, 0) is 24.9 Å². The summed E-state index contributed by atoms with van der Waals surface area (Å²) < 4.78 is 55.3. The van der Waals surface area contributed by atoms with Gasteiger partial charge in [-0.15, -0.1) is 5.69 Å². The van der Waals surface area contributed by atoms with Crippen LogP contribution in [0, 0.1) is 35.1 Å². The van der Waals surface area contributed by atoms with Crippen molar-refractivity contribution in [2.45, 2.75) is 53.4 Å². The van der Waals surface area contributed by atoms with Crippen molar-refractivity contribution >= 4 is 40.6 Å². The maximum Gasteiger partial charge on any atom is 0.207 e. The van der Waals surface area contributed by atoms with Crippen molar-refractivity contribution in [3.8, 4) is 0 Å². The van der Waals surface area contributed by atoms with Gasteiger partial charge in [-0.25, -0.2) is 22.5 Å². The van der Waals surface area contributed by atoms with Crippen molar-refractivity contribution < 1.29 is 47.6 Å². The van der Waals surface area contributed by atoms with Crippen LogP contribution in [0.5, 0.6) is 0 Å². The average Bonchev–Trinajstić information content (AvgIpc) is 3.28. The number of anilines is 1. The molecular weight excluding hydrogens is 703 g/mol. The van der Waals surface area contributed by atoms with E-state index in [4.69, 9.17) is 0 Å². The third-order valence-electron chi connectivity index (χ3n) is 7.10. The molecule has 12 heteroatoms. The topological polar surface area (TPSA) is 80.4 Å². The van der Waals surface area contributed by atoms with Gasteiger partial charge in [-0.1, -0.05) is 45.9 Å². The summed E-state index contributed by atoms with van der Waals surface area (Å²) in [6.07, 6.45) is 5.88. The molecule has 0 fully saturated rings. The Bertz CT molecular complexity index is 1370. The van der Waals surface area contributed by atoms with Crippen LogP contribution in [0.25, 0.3) is 16.1 Å². The van der Waals surface area contributed by atoms with E-state index in [0.717, 1.165) is 37.7 Å². The van der Waals surface area contributed by atoms with E-state index in [0.29, 0.717) is 5.69 Å². The Morgan fingerprint density at radius 1 is 0.950 bits per heavy atom. The normalized spacial score (nSPS) is 12.7. The predicted octanol–water partition coefficient (Wildman–Crippen LogP) is 6.90. The number of hydrogen-bond donors (Lipinski definition) is 1. The number of carbonyl (C=O) groups is 1. The van der Waals surface area contributed by atoms with Gasteiger partial charge >= 0.3 is 0 Å². The molecule has 0 aliphatic carbocycles. The SMILES string of the molecule is CCC(CC)C(=O)/C=C(\O)C(CC)CC.CN1B(c2ncnc3c(F)c(F)c(F)c(F)c23)[N-]c2ccccc21.[Ir]. The van der Waals surface area contributed by atoms with Gasteiger partial charge in [0, 0.05) is 49.3 Å². The van der Waals surface area contributed by atoms with Crippen LogP contribution in [0.2, 0.25) is 0 Å². The van der Waals surface area contributed by atoms with Crippen molar-refractivity contribution in [3.63, 3.8) is 0 Å². The summed E-state index contributed by atoms with van der Waals surface area (Å²) in [6, 6.07) is 7.15. The summed E-state index contributed by atoms with van der Waals surface area (Å²) >= 11 is 0. The number of halogens is 4. The summed E-state index contributed by atoms with van der Waals surface area (Å²) in [5.74, 6) is -6.32. The number of para-hydroxylation sites is 1. The van der Waals surface area contributed by atoms with Gasteiger partial charge in [0.15, 0.2) is 29.1 Å². The molecule has 3 aromatic rings. The van der Waals surface area contributed by atoms with E-state index in [1.807, 2.05) is 27.7 Å². The number of hydrogen-bond acceptors (Lipinski definition) is 5. The smallest absolute Gasteiger partial charge is 0.207 e. The number of fused-ring (bicyclic) bond motifs is 2. The Labute approximate surface area is 245 Å². The molecule has 1 aromatic heterocycles. The molecule has 0 saturated heterocycles. The zero-order chi connectivity index (χ0) is 28.9. The second-order valence-corrected chi connectivity index (χ2v) is 9.34. The fraction of sp³-hybridized carbons (Fsp3) is 0.393. The van der Waals surface area contributed by atoms with Crippen LogP contribution in [0.3, 0.4) is 0 Å². The molecule has 6 nitrogen and oxygen atoms in total. The molecule has 2 aromatic carbocycles. The third kappa shape index (κ3) is 6.66. The van der Waals surface area contributed by atoms with E-state index < -0.39 is 41.2 Å². The Morgan fingerprint density at radius 3 is 2.10 bits per heavy atom. The summed E-state index contributed by atoms with van der Waals surface area (Å²) in [4.78, 5) is 20.9. The fourth-order valence-electron chi connectivity index (χ4n) is 4.63. The number of ketones is 1. The molecule has 0 saturated carbocycles. The van der Waals surface area contributed by atoms with Gasteiger partial charge in [-0.05, 0) is 38.8 Å². The fourth-order valence-corrected chi connectivity index (χ4v) is 4.63. The second-order valence-electron chi connectivity index (χ2n) is 9.34. The van der Waals surface area contributed by atoms with Crippen LogP contribution in [0.1, 0.15) is 53.4 Å². The molecule has 0 amide bonds. The summed E-state index contributed by atoms with van der Waals surface area (Å²) in [7, 11) is 1.70. The standard InChI is InChI=1S/C15H8BF4N4.C13H24O2.Ir/c1-24-8-5-3-2-4-7(8)23-16(24)15-9-10(17)11(18)12(19)13(20)14(9)21-6-22-15;1-5-10(6-2)12(14)9-13(15)11(7-3)8-4;/h2-6H,1H3;9-11,14H,5-8H2,1-4H3;/q-1;;/b;12-9-;. The predicted molar refractivity (Wildman–Crippen MR) is 146 cm³/mol. The average molecular weight is 736 g/mol. The van der Waals surface area contributed by atoms with Crippen LogP contribution < -0.4 is 10.4 Å². The first-order chi connectivity index (χ1) is 18.6. The first-order valence-corrected chi connectivity index (χ1v) is 13.0. The van der Waals surface area contributed by atoms with Crippen molar-refractivity contribution in [2.75, 3.05) is 11.9 Å². The minimum absolute atomic E-state index is 0. The molecule has 0 unspecified atom stereocenters. The van der Waals surface area contributed by atoms with Gasteiger partial charge in [0.1, 0.15) is 11.8 Å². The van der Waals surface area contributed by atoms with Crippen LogP contribution in [-0.4, -0.2) is 34.9 Å². The molecule has 0 atom stereocenters. The monoisotopic (exact) mass is 736 g/mol. The largest absolute Gasteiger partial charge is 0.682 e. The molecule has 0 bridgehead atoms. The molecular formula is C28H32BF4IrN4O2-. The number of allylic oxidation sites excluding steroid dienone is 2. The van der Waals surface area contributed by atoms with E-state index in [1.54, 1.807) is 36.1 Å². The van der Waals surface area contributed by atoms with E-state index in [2.05, 4.69) is 15.2 Å². The Balaban J connectivity index is 0.000000307. The summed E-state index contributed by atoms with van der Waals surface area (Å²) in [5.41, 5.74) is 0.753. The van der Waals surface area contributed by atoms with Crippen molar-refractivity contribution in [3.05, 3.63) is 70.9 Å². The van der Waals surface area contributed by atoms with Gasteiger partial charge in [0.2, 0.25) is 6.98 Å². The summed E-state index contributed by atoms with van der Waals surface area (Å²) in [6.45, 7) is 7.27.